The van der Waals surface area contributed by atoms with Crippen LogP contribution in [0.5, 0.6) is 0 Å². The third-order valence-corrected chi connectivity index (χ3v) is 5.53. The molecular formula is C17H28IN7O. The molecule has 1 aromatic heterocycles. The van der Waals surface area contributed by atoms with Crippen LogP contribution >= 0.6 is 24.0 Å². The normalized spacial score (nSPS) is 23.5. The van der Waals surface area contributed by atoms with Crippen molar-refractivity contribution in [3.63, 3.8) is 0 Å². The van der Waals surface area contributed by atoms with E-state index in [9.17, 15) is 4.79 Å². The number of guanidine groups is 1. The Kier molecular flexibility index (Phi) is 6.03. The van der Waals surface area contributed by atoms with Gasteiger partial charge in [0.1, 0.15) is 11.6 Å². The molecule has 1 aliphatic carbocycles. The fraction of sp³-hybridized carbons (Fsp3) is 0.765. The average molecular weight is 473 g/mol. The summed E-state index contributed by atoms with van der Waals surface area (Å²) in [6.07, 6.45) is 4.43. The molecule has 1 unspecified atom stereocenters. The van der Waals surface area contributed by atoms with Crippen molar-refractivity contribution in [2.45, 2.75) is 45.2 Å². The highest BCUT2D eigenvalue weighted by molar-refractivity contribution is 14.0. The van der Waals surface area contributed by atoms with Gasteiger partial charge in [-0.1, -0.05) is 0 Å². The number of carbonyl (C=O) groups excluding carboxylic acids is 1. The molecule has 1 N–H and O–H groups in total. The summed E-state index contributed by atoms with van der Waals surface area (Å²) < 4.78 is 2.22. The number of rotatable bonds is 3. The third-order valence-electron chi connectivity index (χ3n) is 5.53. The first-order chi connectivity index (χ1) is 12.2. The predicted molar refractivity (Wildman–Crippen MR) is 110 cm³/mol. The van der Waals surface area contributed by atoms with Crippen molar-refractivity contribution < 1.29 is 4.79 Å². The van der Waals surface area contributed by atoms with E-state index in [-0.39, 0.29) is 29.9 Å². The van der Waals surface area contributed by atoms with Crippen LogP contribution in [0.2, 0.25) is 0 Å². The zero-order chi connectivity index (χ0) is 17.4. The number of hydrogen-bond acceptors (Lipinski definition) is 4. The van der Waals surface area contributed by atoms with Gasteiger partial charge in [0.05, 0.1) is 6.54 Å². The van der Waals surface area contributed by atoms with Crippen molar-refractivity contribution in [2.75, 3.05) is 33.2 Å². The van der Waals surface area contributed by atoms with Gasteiger partial charge in [-0.05, 0) is 32.1 Å². The summed E-state index contributed by atoms with van der Waals surface area (Å²) in [5, 5.41) is 11.9. The monoisotopic (exact) mass is 473 g/mol. The van der Waals surface area contributed by atoms with Crippen LogP contribution in [0.15, 0.2) is 4.99 Å². The smallest absolute Gasteiger partial charge is 0.242 e. The number of fused-ring (bicyclic) bond motifs is 1. The first-order valence-electron chi connectivity index (χ1n) is 9.29. The lowest BCUT2D eigenvalue weighted by molar-refractivity contribution is -0.135. The number of carbonyl (C=O) groups is 1. The van der Waals surface area contributed by atoms with Gasteiger partial charge in [0, 0.05) is 45.7 Å². The first-order valence-corrected chi connectivity index (χ1v) is 9.29. The number of aryl methyl sites for hydroxylation is 2. The highest BCUT2D eigenvalue weighted by atomic mass is 127. The number of aliphatic imine (C=N–C) groups is 1. The molecule has 2 aliphatic heterocycles. The summed E-state index contributed by atoms with van der Waals surface area (Å²) in [4.78, 5) is 20.9. The number of nitrogens with one attached hydrogen (secondary N) is 1. The zero-order valence-electron chi connectivity index (χ0n) is 15.5. The number of hydrogen-bond donors (Lipinski definition) is 1. The van der Waals surface area contributed by atoms with Gasteiger partial charge in [-0.25, -0.2) is 0 Å². The molecule has 0 spiro atoms. The molecule has 2 fully saturated rings. The molecule has 4 rings (SSSR count). The average Bonchev–Trinajstić information content (AvgIpc) is 3.39. The molecule has 9 heteroatoms. The lowest BCUT2D eigenvalue weighted by Gasteiger charge is -2.36. The van der Waals surface area contributed by atoms with Crippen molar-refractivity contribution in [3.05, 3.63) is 11.6 Å². The molecule has 1 atom stereocenters. The van der Waals surface area contributed by atoms with E-state index in [1.807, 2.05) is 11.8 Å². The van der Waals surface area contributed by atoms with Gasteiger partial charge in [-0.3, -0.25) is 9.79 Å². The minimum Gasteiger partial charge on any atom is -0.356 e. The fourth-order valence-corrected chi connectivity index (χ4v) is 3.90. The van der Waals surface area contributed by atoms with Crippen LogP contribution in [0, 0.1) is 12.8 Å². The maximum atomic E-state index is 12.3. The molecule has 1 saturated carbocycles. The molecule has 144 valence electrons. The number of nitrogens with zero attached hydrogens (tertiary/aromatic N) is 6. The topological polar surface area (TPSA) is 78.7 Å². The van der Waals surface area contributed by atoms with Gasteiger partial charge in [0.25, 0.3) is 0 Å². The minimum atomic E-state index is 0. The van der Waals surface area contributed by atoms with E-state index in [2.05, 4.69) is 30.0 Å². The second-order valence-corrected chi connectivity index (χ2v) is 7.35. The van der Waals surface area contributed by atoms with Crippen LogP contribution in [-0.4, -0.2) is 75.7 Å². The van der Waals surface area contributed by atoms with Gasteiger partial charge >= 0.3 is 0 Å². The van der Waals surface area contributed by atoms with Gasteiger partial charge < -0.3 is 19.7 Å². The predicted octanol–water partition coefficient (Wildman–Crippen LogP) is 0.649. The Morgan fingerprint density at radius 1 is 1.27 bits per heavy atom. The van der Waals surface area contributed by atoms with Crippen molar-refractivity contribution >= 4 is 35.8 Å². The minimum absolute atomic E-state index is 0. The van der Waals surface area contributed by atoms with Gasteiger partial charge in [0.2, 0.25) is 5.91 Å². The van der Waals surface area contributed by atoms with E-state index in [1.165, 1.54) is 12.8 Å². The summed E-state index contributed by atoms with van der Waals surface area (Å²) in [5.41, 5.74) is 0. The van der Waals surface area contributed by atoms with E-state index < -0.39 is 0 Å². The Morgan fingerprint density at radius 3 is 2.77 bits per heavy atom. The molecule has 0 aromatic carbocycles. The van der Waals surface area contributed by atoms with Gasteiger partial charge in [0.15, 0.2) is 5.96 Å². The lowest BCUT2D eigenvalue weighted by Crippen LogP contribution is -2.56. The summed E-state index contributed by atoms with van der Waals surface area (Å²) in [7, 11) is 1.79. The lowest BCUT2D eigenvalue weighted by atomic mass is 9.99. The molecule has 0 radical (unpaired) electrons. The van der Waals surface area contributed by atoms with Crippen molar-refractivity contribution in [1.29, 1.82) is 0 Å². The number of aromatic nitrogens is 3. The fourth-order valence-electron chi connectivity index (χ4n) is 3.90. The van der Waals surface area contributed by atoms with E-state index >= 15 is 0 Å². The maximum Gasteiger partial charge on any atom is 0.242 e. The van der Waals surface area contributed by atoms with E-state index in [1.54, 1.807) is 7.05 Å². The van der Waals surface area contributed by atoms with Crippen LogP contribution < -0.4 is 5.32 Å². The summed E-state index contributed by atoms with van der Waals surface area (Å²) in [6, 6.07) is 0.507. The Morgan fingerprint density at radius 2 is 2.08 bits per heavy atom. The maximum absolute atomic E-state index is 12.3. The second kappa shape index (κ2) is 8.10. The highest BCUT2D eigenvalue weighted by Gasteiger charge is 2.36. The van der Waals surface area contributed by atoms with Crippen molar-refractivity contribution in [1.82, 2.24) is 29.9 Å². The molecule has 3 aliphatic rings. The molecular weight excluding hydrogens is 445 g/mol. The second-order valence-electron chi connectivity index (χ2n) is 7.35. The summed E-state index contributed by atoms with van der Waals surface area (Å²) >= 11 is 0. The standard InChI is InChI=1S/C17H27N7O.HI/c1-12-20-21-15-6-3-13(10-24(12)15)9-19-17(18-2)22-7-8-23(14-4-5-14)16(25)11-22;/h13-14H,3-11H2,1-2H3,(H,18,19);1H. The largest absolute Gasteiger partial charge is 0.356 e. The zero-order valence-corrected chi connectivity index (χ0v) is 17.8. The van der Waals surface area contributed by atoms with Gasteiger partial charge in [-0.15, -0.1) is 34.2 Å². The van der Waals surface area contributed by atoms with Crippen molar-refractivity contribution in [3.8, 4) is 0 Å². The number of piperazine rings is 1. The van der Waals surface area contributed by atoms with E-state index in [4.69, 9.17) is 0 Å². The highest BCUT2D eigenvalue weighted by Crippen LogP contribution is 2.28. The first kappa shape index (κ1) is 19.4. The SMILES string of the molecule is CN=C(NCC1CCc2nnc(C)n2C1)N1CCN(C2CC2)C(=O)C1.I. The van der Waals surface area contributed by atoms with E-state index in [0.29, 0.717) is 18.5 Å². The van der Waals surface area contributed by atoms with Crippen molar-refractivity contribution in [2.24, 2.45) is 10.9 Å². The summed E-state index contributed by atoms with van der Waals surface area (Å²) in [5.74, 6) is 3.70. The molecule has 8 nitrogen and oxygen atoms in total. The molecule has 1 amide bonds. The Balaban J connectivity index is 0.00000196. The van der Waals surface area contributed by atoms with E-state index in [0.717, 1.165) is 56.6 Å². The third kappa shape index (κ3) is 3.96. The molecule has 0 bridgehead atoms. The molecule has 3 heterocycles. The van der Waals surface area contributed by atoms with Crippen LogP contribution in [0.25, 0.3) is 0 Å². The summed E-state index contributed by atoms with van der Waals surface area (Å²) in [6.45, 7) is 5.94. The number of amides is 1. The van der Waals surface area contributed by atoms with Crippen LogP contribution in [0.3, 0.4) is 0 Å². The Hall–Kier alpha value is -1.39. The molecule has 1 saturated heterocycles. The Bertz CT molecular complexity index is 685. The molecule has 1 aromatic rings. The number of halogens is 1. The Labute approximate surface area is 171 Å². The van der Waals surface area contributed by atoms with Crippen LogP contribution in [0.1, 0.15) is 30.9 Å². The van der Waals surface area contributed by atoms with Crippen LogP contribution in [0.4, 0.5) is 0 Å². The van der Waals surface area contributed by atoms with Gasteiger partial charge in [-0.2, -0.15) is 0 Å². The van der Waals surface area contributed by atoms with Crippen LogP contribution in [-0.2, 0) is 17.8 Å². The molecule has 26 heavy (non-hydrogen) atoms. The quantitative estimate of drug-likeness (QED) is 0.397.